The van der Waals surface area contributed by atoms with E-state index in [2.05, 4.69) is 0 Å². The summed E-state index contributed by atoms with van der Waals surface area (Å²) in [5.74, 6) is -3.03. The molecule has 2 heterocycles. The van der Waals surface area contributed by atoms with Crippen LogP contribution in [0.15, 0.2) is 57.7 Å². The number of carbonyl (C=O) groups excluding carboxylic acids is 1. The molecule has 6 atom stereocenters. The van der Waals surface area contributed by atoms with Gasteiger partial charge in [0, 0.05) is 12.3 Å². The van der Waals surface area contributed by atoms with Crippen LogP contribution in [0.2, 0.25) is 0 Å². The summed E-state index contributed by atoms with van der Waals surface area (Å²) in [6, 6.07) is 12.6. The third kappa shape index (κ3) is 4.82. The van der Waals surface area contributed by atoms with Crippen LogP contribution < -0.4 is 10.4 Å². The number of fused-ring (bicyclic) bond motifs is 1. The second-order valence-corrected chi connectivity index (χ2v) is 8.53. The first-order valence-corrected chi connectivity index (χ1v) is 11.0. The highest BCUT2D eigenvalue weighted by Gasteiger charge is 2.48. The number of rotatable bonds is 7. The molecule has 0 saturated carbocycles. The number of hydrogen-bond donors (Lipinski definition) is 5. The van der Waals surface area contributed by atoms with Gasteiger partial charge in [0.15, 0.2) is 6.10 Å². The number of ether oxygens (including phenoxy) is 2. The summed E-state index contributed by atoms with van der Waals surface area (Å²) in [5, 5.41) is 50.4. The van der Waals surface area contributed by atoms with Gasteiger partial charge < -0.3 is 39.4 Å². The van der Waals surface area contributed by atoms with Crippen molar-refractivity contribution in [3.63, 3.8) is 0 Å². The average molecular weight is 500 g/mol. The van der Waals surface area contributed by atoms with Gasteiger partial charge in [0.05, 0.1) is 10.9 Å². The van der Waals surface area contributed by atoms with Crippen molar-refractivity contribution in [3.8, 4) is 11.5 Å². The molecule has 1 aromatic heterocycles. The van der Waals surface area contributed by atoms with E-state index in [1.165, 1.54) is 25.1 Å². The van der Waals surface area contributed by atoms with E-state index in [1.807, 2.05) is 0 Å². The maximum absolute atomic E-state index is 12.8. The lowest BCUT2D eigenvalue weighted by molar-refractivity contribution is -0.271. The standard InChI is InChI=1S/C25H24O11/c1-11(26)9-14(12-5-3-2-4-6-12)17-18(27)15-10-13(7-8-16(15)35-24(17)33)34-25-21(30)19(28)20(29)22(36-25)23(31)32/h2-8,10,14,19-22,25,27-30H,9H2,1H3,(H,31,32)/t14?,19-,20-,21+,22-,25+/m0/s1. The lowest BCUT2D eigenvalue weighted by atomic mass is 9.87. The van der Waals surface area contributed by atoms with Crippen LogP contribution >= 0.6 is 0 Å². The number of aliphatic hydroxyl groups is 3. The molecule has 36 heavy (non-hydrogen) atoms. The second kappa shape index (κ2) is 10.1. The SMILES string of the molecule is CC(=O)CC(c1ccccc1)c1c(O)c2cc(O[C@@H]3O[C@H](C(=O)O)[C@@H](O)[C@H](O)[C@H]3O)ccc2oc1=O. The summed E-state index contributed by atoms with van der Waals surface area (Å²) in [7, 11) is 0. The molecule has 190 valence electrons. The first kappa shape index (κ1) is 25.3. The van der Waals surface area contributed by atoms with Crippen molar-refractivity contribution < 1.29 is 49.0 Å². The molecule has 2 aromatic carbocycles. The molecule has 11 nitrogen and oxygen atoms in total. The van der Waals surface area contributed by atoms with E-state index in [0.717, 1.165) is 0 Å². The van der Waals surface area contributed by atoms with Crippen LogP contribution in [0.4, 0.5) is 0 Å². The summed E-state index contributed by atoms with van der Waals surface area (Å²) in [6.07, 6.45) is -9.13. The Morgan fingerprint density at radius 1 is 1.03 bits per heavy atom. The number of hydrogen-bond acceptors (Lipinski definition) is 10. The summed E-state index contributed by atoms with van der Waals surface area (Å²) in [6.45, 7) is 1.37. The van der Waals surface area contributed by atoms with Gasteiger partial charge in [0.1, 0.15) is 41.2 Å². The molecule has 0 spiro atoms. The lowest BCUT2D eigenvalue weighted by Crippen LogP contribution is -2.61. The number of aromatic hydroxyl groups is 1. The molecule has 1 saturated heterocycles. The van der Waals surface area contributed by atoms with Crippen molar-refractivity contribution in [2.45, 2.75) is 50.0 Å². The van der Waals surface area contributed by atoms with E-state index < -0.39 is 54.0 Å². The summed E-state index contributed by atoms with van der Waals surface area (Å²) >= 11 is 0. The van der Waals surface area contributed by atoms with E-state index in [4.69, 9.17) is 13.9 Å². The Morgan fingerprint density at radius 3 is 2.36 bits per heavy atom. The summed E-state index contributed by atoms with van der Waals surface area (Å²) in [5.41, 5.74) is -0.323. The molecule has 1 aliphatic heterocycles. The molecule has 1 aliphatic rings. The molecule has 5 N–H and O–H groups in total. The Kier molecular flexibility index (Phi) is 7.09. The highest BCUT2D eigenvalue weighted by molar-refractivity contribution is 5.86. The van der Waals surface area contributed by atoms with Crippen molar-refractivity contribution in [2.24, 2.45) is 0 Å². The van der Waals surface area contributed by atoms with E-state index >= 15 is 0 Å². The van der Waals surface area contributed by atoms with Crippen molar-refractivity contribution >= 4 is 22.7 Å². The van der Waals surface area contributed by atoms with Crippen LogP contribution in [0.1, 0.15) is 30.4 Å². The molecule has 11 heteroatoms. The van der Waals surface area contributed by atoms with Crippen LogP contribution in [-0.2, 0) is 14.3 Å². The van der Waals surface area contributed by atoms with Crippen LogP contribution in [0.25, 0.3) is 11.0 Å². The monoisotopic (exact) mass is 500 g/mol. The van der Waals surface area contributed by atoms with Crippen LogP contribution in [0, 0.1) is 0 Å². The zero-order valence-corrected chi connectivity index (χ0v) is 19.0. The Labute approximate surface area is 203 Å². The largest absolute Gasteiger partial charge is 0.507 e. The number of benzene rings is 2. The minimum absolute atomic E-state index is 0.00668. The van der Waals surface area contributed by atoms with Gasteiger partial charge in [-0.3, -0.25) is 4.79 Å². The topological polar surface area (TPSA) is 184 Å². The predicted octanol–water partition coefficient (Wildman–Crippen LogP) is 0.881. The third-order valence-corrected chi connectivity index (χ3v) is 5.99. The highest BCUT2D eigenvalue weighted by atomic mass is 16.7. The van der Waals surface area contributed by atoms with Crippen molar-refractivity contribution in [1.82, 2.24) is 0 Å². The maximum atomic E-state index is 12.8. The fourth-order valence-electron chi connectivity index (χ4n) is 4.20. The normalized spacial score (nSPS) is 24.8. The van der Waals surface area contributed by atoms with Gasteiger partial charge >= 0.3 is 11.6 Å². The smallest absolute Gasteiger partial charge is 0.343 e. The fraction of sp³-hybridized carbons (Fsp3) is 0.320. The number of Topliss-reactive ketones (excluding diaryl/α,β-unsaturated/α-hetero) is 1. The molecule has 4 rings (SSSR count). The van der Waals surface area contributed by atoms with Gasteiger partial charge in [0.2, 0.25) is 6.29 Å². The maximum Gasteiger partial charge on any atom is 0.343 e. The van der Waals surface area contributed by atoms with Crippen LogP contribution in [-0.4, -0.2) is 68.0 Å². The average Bonchev–Trinajstić information content (AvgIpc) is 2.84. The molecule has 0 bridgehead atoms. The van der Waals surface area contributed by atoms with E-state index in [0.29, 0.717) is 5.56 Å². The van der Waals surface area contributed by atoms with Crippen LogP contribution in [0.3, 0.4) is 0 Å². The Morgan fingerprint density at radius 2 is 1.72 bits per heavy atom. The molecular formula is C25H24O11. The van der Waals surface area contributed by atoms with Gasteiger partial charge in [-0.25, -0.2) is 9.59 Å². The highest BCUT2D eigenvalue weighted by Crippen LogP contribution is 2.38. The zero-order valence-electron chi connectivity index (χ0n) is 19.0. The quantitative estimate of drug-likeness (QED) is 0.290. The Hall–Kier alpha value is -3.77. The Bertz CT molecular complexity index is 1330. The minimum atomic E-state index is -1.88. The van der Waals surface area contributed by atoms with Gasteiger partial charge in [-0.15, -0.1) is 0 Å². The Balaban J connectivity index is 1.74. The number of carbonyl (C=O) groups is 2. The van der Waals surface area contributed by atoms with Crippen LogP contribution in [0.5, 0.6) is 11.5 Å². The minimum Gasteiger partial charge on any atom is -0.507 e. The van der Waals surface area contributed by atoms with Crippen molar-refractivity contribution in [1.29, 1.82) is 0 Å². The molecular weight excluding hydrogens is 476 g/mol. The first-order chi connectivity index (χ1) is 17.1. The number of carboxylic acids is 1. The zero-order chi connectivity index (χ0) is 26.1. The van der Waals surface area contributed by atoms with E-state index in [-0.39, 0.29) is 34.5 Å². The fourth-order valence-corrected chi connectivity index (χ4v) is 4.20. The molecule has 1 unspecified atom stereocenters. The molecule has 3 aromatic rings. The number of aliphatic hydroxyl groups excluding tert-OH is 3. The number of aliphatic carboxylic acids is 1. The third-order valence-electron chi connectivity index (χ3n) is 5.99. The van der Waals surface area contributed by atoms with E-state index in [9.17, 15) is 39.9 Å². The van der Waals surface area contributed by atoms with Gasteiger partial charge in [0.25, 0.3) is 0 Å². The van der Waals surface area contributed by atoms with Gasteiger partial charge in [-0.05, 0) is 30.7 Å². The predicted molar refractivity (Wildman–Crippen MR) is 123 cm³/mol. The second-order valence-electron chi connectivity index (χ2n) is 8.53. The summed E-state index contributed by atoms with van der Waals surface area (Å²) < 4.78 is 16.0. The van der Waals surface area contributed by atoms with Crippen molar-refractivity contribution in [2.75, 3.05) is 0 Å². The number of ketones is 1. The molecule has 1 fully saturated rings. The van der Waals surface area contributed by atoms with Gasteiger partial charge in [-0.2, -0.15) is 0 Å². The summed E-state index contributed by atoms with van der Waals surface area (Å²) in [4.78, 5) is 36.1. The molecule has 0 aliphatic carbocycles. The number of carboxylic acid groups (broad SMARTS) is 1. The van der Waals surface area contributed by atoms with Gasteiger partial charge in [-0.1, -0.05) is 30.3 Å². The van der Waals surface area contributed by atoms with E-state index in [1.54, 1.807) is 30.3 Å². The lowest BCUT2D eigenvalue weighted by Gasteiger charge is -2.38. The molecule has 0 amide bonds. The van der Waals surface area contributed by atoms with Crippen molar-refractivity contribution in [3.05, 3.63) is 70.1 Å². The first-order valence-electron chi connectivity index (χ1n) is 11.0. The molecule has 0 radical (unpaired) electrons.